The molecular weight excluding hydrogens is 318 g/mol. The summed E-state index contributed by atoms with van der Waals surface area (Å²) >= 11 is 9.51. The number of hydrogen-bond donors (Lipinski definition) is 2. The fourth-order valence-electron chi connectivity index (χ4n) is 2.02. The first kappa shape index (κ1) is 11.5. The number of carbonyl (C=O) groups is 1. The number of carbonyl (C=O) groups excluding carboxylic acids is 1. The summed E-state index contributed by atoms with van der Waals surface area (Å²) in [6.07, 6.45) is 1.39. The second kappa shape index (κ2) is 3.96. The first-order valence-electron chi connectivity index (χ1n) is 5.13. The molecule has 3 N–H and O–H groups in total. The van der Waals surface area contributed by atoms with E-state index >= 15 is 0 Å². The molecule has 0 spiro atoms. The molecule has 0 atom stereocenters. The maximum atomic E-state index is 11.4. The van der Waals surface area contributed by atoms with E-state index in [2.05, 4.69) is 25.9 Å². The Morgan fingerprint density at radius 1 is 1.44 bits per heavy atom. The van der Waals surface area contributed by atoms with Crippen LogP contribution in [0.15, 0.2) is 28.9 Å². The predicted octanol–water partition coefficient (Wildman–Crippen LogP) is 3.23. The molecule has 0 unspecified atom stereocenters. The van der Waals surface area contributed by atoms with E-state index < -0.39 is 5.91 Å². The van der Waals surface area contributed by atoms with E-state index in [1.165, 1.54) is 6.20 Å². The third-order valence-electron chi connectivity index (χ3n) is 2.81. The van der Waals surface area contributed by atoms with Crippen LogP contribution in [0, 0.1) is 0 Å². The molecule has 3 rings (SSSR count). The number of H-pyrrole nitrogens is 1. The lowest BCUT2D eigenvalue weighted by Crippen LogP contribution is -2.11. The van der Waals surface area contributed by atoms with Crippen molar-refractivity contribution in [2.45, 2.75) is 0 Å². The number of benzene rings is 1. The standard InChI is InChI=1S/C12H7BrClN3O/c13-5-1-2-8-6(3-5)9-10(17-8)7(12(15)18)4-16-11(9)14/h1-4,17H,(H2,15,18). The van der Waals surface area contributed by atoms with Crippen molar-refractivity contribution in [3.05, 3.63) is 39.6 Å². The van der Waals surface area contributed by atoms with Crippen LogP contribution < -0.4 is 5.73 Å². The van der Waals surface area contributed by atoms with Crippen molar-refractivity contribution in [2.75, 3.05) is 0 Å². The largest absolute Gasteiger partial charge is 0.365 e. The Bertz CT molecular complexity index is 797. The zero-order valence-corrected chi connectivity index (χ0v) is 11.3. The third kappa shape index (κ3) is 1.59. The molecule has 4 nitrogen and oxygen atoms in total. The molecule has 1 aromatic carbocycles. The number of rotatable bonds is 1. The van der Waals surface area contributed by atoms with Gasteiger partial charge in [0.15, 0.2) is 0 Å². The van der Waals surface area contributed by atoms with Crippen LogP contribution >= 0.6 is 27.5 Å². The van der Waals surface area contributed by atoms with Crippen molar-refractivity contribution in [2.24, 2.45) is 5.73 Å². The first-order valence-corrected chi connectivity index (χ1v) is 6.30. The first-order chi connectivity index (χ1) is 8.58. The van der Waals surface area contributed by atoms with Crippen molar-refractivity contribution in [1.82, 2.24) is 9.97 Å². The number of fused-ring (bicyclic) bond motifs is 3. The maximum Gasteiger partial charge on any atom is 0.252 e. The van der Waals surface area contributed by atoms with Crippen molar-refractivity contribution in [1.29, 1.82) is 0 Å². The molecule has 0 fully saturated rings. The summed E-state index contributed by atoms with van der Waals surface area (Å²) in [6, 6.07) is 5.73. The average Bonchev–Trinajstić information content (AvgIpc) is 2.68. The van der Waals surface area contributed by atoms with Gasteiger partial charge >= 0.3 is 0 Å². The van der Waals surface area contributed by atoms with Crippen LogP contribution in [0.1, 0.15) is 10.4 Å². The zero-order chi connectivity index (χ0) is 12.9. The molecule has 0 aliphatic rings. The summed E-state index contributed by atoms with van der Waals surface area (Å²) in [5.41, 5.74) is 7.17. The molecule has 2 heterocycles. The summed E-state index contributed by atoms with van der Waals surface area (Å²) < 4.78 is 0.927. The van der Waals surface area contributed by atoms with Gasteiger partial charge < -0.3 is 10.7 Å². The Kier molecular flexibility index (Phi) is 2.53. The van der Waals surface area contributed by atoms with E-state index in [0.29, 0.717) is 21.6 Å². The second-order valence-corrected chi connectivity index (χ2v) is 5.17. The van der Waals surface area contributed by atoms with Crippen molar-refractivity contribution < 1.29 is 4.79 Å². The molecule has 0 saturated carbocycles. The SMILES string of the molecule is NC(=O)c1cnc(Cl)c2c1[nH]c1ccc(Br)cc12. The van der Waals surface area contributed by atoms with Crippen molar-refractivity contribution in [3.8, 4) is 0 Å². The van der Waals surface area contributed by atoms with Crippen molar-refractivity contribution in [3.63, 3.8) is 0 Å². The highest BCUT2D eigenvalue weighted by atomic mass is 79.9. The quantitative estimate of drug-likeness (QED) is 0.675. The maximum absolute atomic E-state index is 11.4. The molecule has 0 aliphatic carbocycles. The lowest BCUT2D eigenvalue weighted by atomic mass is 10.1. The van der Waals surface area contributed by atoms with Crippen LogP contribution in [0.4, 0.5) is 0 Å². The van der Waals surface area contributed by atoms with Gasteiger partial charge in [-0.15, -0.1) is 0 Å². The Morgan fingerprint density at radius 2 is 2.22 bits per heavy atom. The highest BCUT2D eigenvalue weighted by Gasteiger charge is 2.15. The Morgan fingerprint density at radius 3 is 2.94 bits per heavy atom. The van der Waals surface area contributed by atoms with Gasteiger partial charge in [-0.05, 0) is 18.2 Å². The topological polar surface area (TPSA) is 71.8 Å². The van der Waals surface area contributed by atoms with E-state index in [9.17, 15) is 4.79 Å². The number of aromatic amines is 1. The molecule has 6 heteroatoms. The summed E-state index contributed by atoms with van der Waals surface area (Å²) in [5, 5.41) is 1.96. The molecule has 0 radical (unpaired) electrons. The molecule has 18 heavy (non-hydrogen) atoms. The van der Waals surface area contributed by atoms with Gasteiger partial charge in [-0.3, -0.25) is 4.79 Å². The van der Waals surface area contributed by atoms with Crippen LogP contribution in [-0.4, -0.2) is 15.9 Å². The van der Waals surface area contributed by atoms with E-state index in [1.54, 1.807) is 0 Å². The summed E-state index contributed by atoms with van der Waals surface area (Å²) in [5.74, 6) is -0.533. The normalized spacial score (nSPS) is 11.2. The van der Waals surface area contributed by atoms with Gasteiger partial charge in [-0.1, -0.05) is 27.5 Å². The molecule has 3 aromatic rings. The van der Waals surface area contributed by atoms with Crippen LogP contribution in [0.2, 0.25) is 5.15 Å². The molecule has 0 saturated heterocycles. The van der Waals surface area contributed by atoms with E-state index in [4.69, 9.17) is 17.3 Å². The van der Waals surface area contributed by atoms with Gasteiger partial charge in [0.25, 0.3) is 5.91 Å². The number of pyridine rings is 1. The van der Waals surface area contributed by atoms with Crippen LogP contribution in [0.5, 0.6) is 0 Å². The Hall–Kier alpha value is -1.59. The van der Waals surface area contributed by atoms with Gasteiger partial charge in [0, 0.05) is 27.0 Å². The summed E-state index contributed by atoms with van der Waals surface area (Å²) in [6.45, 7) is 0. The number of nitrogens with two attached hydrogens (primary N) is 1. The van der Waals surface area contributed by atoms with Crippen LogP contribution in [0.3, 0.4) is 0 Å². The number of nitrogens with one attached hydrogen (secondary N) is 1. The molecular formula is C12H7BrClN3O. The minimum absolute atomic E-state index is 0.335. The minimum Gasteiger partial charge on any atom is -0.365 e. The van der Waals surface area contributed by atoms with Crippen LogP contribution in [0.25, 0.3) is 21.8 Å². The van der Waals surface area contributed by atoms with Gasteiger partial charge in [0.05, 0.1) is 11.1 Å². The number of aromatic nitrogens is 2. The van der Waals surface area contributed by atoms with Gasteiger partial charge in [-0.2, -0.15) is 0 Å². The average molecular weight is 325 g/mol. The van der Waals surface area contributed by atoms with Crippen molar-refractivity contribution >= 4 is 55.2 Å². The second-order valence-electron chi connectivity index (χ2n) is 3.89. The number of amides is 1. The number of hydrogen-bond acceptors (Lipinski definition) is 2. The van der Waals surface area contributed by atoms with E-state index in [-0.39, 0.29) is 0 Å². The van der Waals surface area contributed by atoms with Gasteiger partial charge in [0.2, 0.25) is 0 Å². The molecule has 1 amide bonds. The number of nitrogens with zero attached hydrogens (tertiary/aromatic N) is 1. The Balaban J connectivity index is 2.56. The summed E-state index contributed by atoms with van der Waals surface area (Å²) in [4.78, 5) is 18.5. The number of primary amides is 1. The molecule has 0 aliphatic heterocycles. The number of halogens is 2. The van der Waals surface area contributed by atoms with Gasteiger partial charge in [-0.25, -0.2) is 4.98 Å². The zero-order valence-electron chi connectivity index (χ0n) is 9.00. The van der Waals surface area contributed by atoms with E-state index in [0.717, 1.165) is 15.4 Å². The third-order valence-corrected chi connectivity index (χ3v) is 3.59. The highest BCUT2D eigenvalue weighted by Crippen LogP contribution is 2.33. The molecule has 2 aromatic heterocycles. The van der Waals surface area contributed by atoms with Crippen LogP contribution in [-0.2, 0) is 0 Å². The molecule has 90 valence electrons. The lowest BCUT2D eigenvalue weighted by molar-refractivity contribution is 0.100. The van der Waals surface area contributed by atoms with Gasteiger partial charge in [0.1, 0.15) is 5.15 Å². The lowest BCUT2D eigenvalue weighted by Gasteiger charge is -1.99. The minimum atomic E-state index is -0.533. The predicted molar refractivity (Wildman–Crippen MR) is 74.8 cm³/mol. The smallest absolute Gasteiger partial charge is 0.252 e. The highest BCUT2D eigenvalue weighted by molar-refractivity contribution is 9.10. The summed E-state index contributed by atoms with van der Waals surface area (Å²) in [7, 11) is 0. The monoisotopic (exact) mass is 323 g/mol. The fraction of sp³-hybridized carbons (Fsp3) is 0. The van der Waals surface area contributed by atoms with E-state index in [1.807, 2.05) is 18.2 Å². The molecule has 0 bridgehead atoms. The fourth-order valence-corrected chi connectivity index (χ4v) is 2.62. The Labute approximate surface area is 115 Å².